The maximum atomic E-state index is 13.3. The van der Waals surface area contributed by atoms with E-state index in [1.807, 2.05) is 0 Å². The number of alkyl halides is 3. The number of halogens is 3. The zero-order chi connectivity index (χ0) is 24.1. The molecule has 1 aliphatic heterocycles. The third-order valence-electron chi connectivity index (χ3n) is 5.67. The van der Waals surface area contributed by atoms with Crippen molar-refractivity contribution in [3.8, 4) is 0 Å². The van der Waals surface area contributed by atoms with Gasteiger partial charge < -0.3 is 4.90 Å². The first kappa shape index (κ1) is 23.2. The predicted molar refractivity (Wildman–Crippen MR) is 114 cm³/mol. The number of benzene rings is 1. The van der Waals surface area contributed by atoms with Gasteiger partial charge in [0, 0.05) is 38.9 Å². The van der Waals surface area contributed by atoms with Crippen molar-refractivity contribution in [2.45, 2.75) is 24.9 Å². The van der Waals surface area contributed by atoms with E-state index in [1.54, 1.807) is 36.5 Å². The number of fused-ring (bicyclic) bond motifs is 1. The van der Waals surface area contributed by atoms with Gasteiger partial charge in [-0.2, -0.15) is 22.6 Å². The highest BCUT2D eigenvalue weighted by Crippen LogP contribution is 2.30. The number of carbonyl (C=O) groups is 1. The summed E-state index contributed by atoms with van der Waals surface area (Å²) >= 11 is 0. The zero-order valence-electron chi connectivity index (χ0n) is 18.2. The molecule has 0 spiro atoms. The van der Waals surface area contributed by atoms with E-state index in [2.05, 4.69) is 10.1 Å². The standard InChI is InChI=1S/C21H22F3N5O3S/c1-13-12-17(18-14(2)26-27(3)19(18)25-13)20(30)28-8-10-29(11-9-28)33(31,32)16-6-4-15(5-7-16)21(22,23)24/h4-7,12H,8-11H2,1-3H3. The lowest BCUT2D eigenvalue weighted by Gasteiger charge is -2.34. The van der Waals surface area contributed by atoms with E-state index in [4.69, 9.17) is 0 Å². The van der Waals surface area contributed by atoms with Gasteiger partial charge in [-0.05, 0) is 44.2 Å². The number of hydrogen-bond acceptors (Lipinski definition) is 5. The summed E-state index contributed by atoms with van der Waals surface area (Å²) in [5, 5.41) is 5.00. The van der Waals surface area contributed by atoms with Crippen LogP contribution in [0.15, 0.2) is 35.2 Å². The molecule has 0 bridgehead atoms. The summed E-state index contributed by atoms with van der Waals surface area (Å²) in [7, 11) is -2.23. The third-order valence-corrected chi connectivity index (χ3v) is 7.59. The van der Waals surface area contributed by atoms with Crippen LogP contribution in [0.2, 0.25) is 0 Å². The van der Waals surface area contributed by atoms with Crippen LogP contribution in [0.4, 0.5) is 13.2 Å². The monoisotopic (exact) mass is 481 g/mol. The Bertz CT molecular complexity index is 1330. The van der Waals surface area contributed by atoms with Crippen LogP contribution in [0.25, 0.3) is 11.0 Å². The second-order valence-electron chi connectivity index (χ2n) is 7.94. The topological polar surface area (TPSA) is 88.4 Å². The van der Waals surface area contributed by atoms with Gasteiger partial charge in [0.05, 0.1) is 27.1 Å². The van der Waals surface area contributed by atoms with Crippen molar-refractivity contribution in [2.24, 2.45) is 7.05 Å². The van der Waals surface area contributed by atoms with Crippen LogP contribution >= 0.6 is 0 Å². The van der Waals surface area contributed by atoms with Crippen molar-refractivity contribution < 1.29 is 26.4 Å². The summed E-state index contributed by atoms with van der Waals surface area (Å²) < 4.78 is 66.9. The van der Waals surface area contributed by atoms with Gasteiger partial charge in [-0.25, -0.2) is 13.4 Å². The SMILES string of the molecule is Cc1cc(C(=O)N2CCN(S(=O)(=O)c3ccc(C(F)(F)F)cc3)CC2)c2c(C)nn(C)c2n1. The Balaban J connectivity index is 1.52. The molecule has 33 heavy (non-hydrogen) atoms. The van der Waals surface area contributed by atoms with Crippen LogP contribution in [0.5, 0.6) is 0 Å². The molecule has 8 nitrogen and oxygen atoms in total. The van der Waals surface area contributed by atoms with Gasteiger partial charge in [-0.3, -0.25) is 9.48 Å². The highest BCUT2D eigenvalue weighted by molar-refractivity contribution is 7.89. The Hall–Kier alpha value is -2.99. The van der Waals surface area contributed by atoms with Crippen molar-refractivity contribution in [1.82, 2.24) is 24.0 Å². The van der Waals surface area contributed by atoms with E-state index in [1.165, 1.54) is 4.31 Å². The average molecular weight is 482 g/mol. The number of hydrogen-bond donors (Lipinski definition) is 0. The number of carbonyl (C=O) groups excluding carboxylic acids is 1. The van der Waals surface area contributed by atoms with E-state index in [9.17, 15) is 26.4 Å². The Morgan fingerprint density at radius 1 is 1.03 bits per heavy atom. The van der Waals surface area contributed by atoms with Gasteiger partial charge in [-0.1, -0.05) is 0 Å². The fourth-order valence-electron chi connectivity index (χ4n) is 4.01. The molecule has 12 heteroatoms. The fraction of sp³-hybridized carbons (Fsp3) is 0.381. The van der Waals surface area contributed by atoms with Crippen LogP contribution in [0.1, 0.15) is 27.3 Å². The third kappa shape index (κ3) is 4.20. The second-order valence-corrected chi connectivity index (χ2v) is 9.88. The van der Waals surface area contributed by atoms with Gasteiger partial charge in [0.2, 0.25) is 10.0 Å². The Morgan fingerprint density at radius 2 is 1.64 bits per heavy atom. The first-order chi connectivity index (χ1) is 15.4. The Kier molecular flexibility index (Phi) is 5.69. The predicted octanol–water partition coefficient (Wildman–Crippen LogP) is 2.75. The van der Waals surface area contributed by atoms with E-state index >= 15 is 0 Å². The maximum Gasteiger partial charge on any atom is 0.416 e. The van der Waals surface area contributed by atoms with Gasteiger partial charge in [0.25, 0.3) is 5.91 Å². The lowest BCUT2D eigenvalue weighted by molar-refractivity contribution is -0.137. The van der Waals surface area contributed by atoms with E-state index < -0.39 is 21.8 Å². The van der Waals surface area contributed by atoms with E-state index in [0.29, 0.717) is 28.0 Å². The molecule has 1 aliphatic rings. The minimum atomic E-state index is -4.54. The molecule has 4 rings (SSSR count). The molecule has 0 aliphatic carbocycles. The molecule has 0 saturated carbocycles. The van der Waals surface area contributed by atoms with Crippen LogP contribution in [0, 0.1) is 13.8 Å². The molecule has 3 heterocycles. The molecule has 0 unspecified atom stereocenters. The van der Waals surface area contributed by atoms with Crippen LogP contribution in [0.3, 0.4) is 0 Å². The van der Waals surface area contributed by atoms with Crippen LogP contribution < -0.4 is 0 Å². The molecular weight excluding hydrogens is 459 g/mol. The maximum absolute atomic E-state index is 13.3. The van der Waals surface area contributed by atoms with Gasteiger partial charge in [0.1, 0.15) is 0 Å². The normalized spacial score (nSPS) is 15.9. The number of nitrogens with zero attached hydrogens (tertiary/aromatic N) is 5. The summed E-state index contributed by atoms with van der Waals surface area (Å²) in [6.07, 6.45) is -4.54. The van der Waals surface area contributed by atoms with Crippen molar-refractivity contribution in [2.75, 3.05) is 26.2 Å². The van der Waals surface area contributed by atoms with Gasteiger partial charge in [-0.15, -0.1) is 0 Å². The lowest BCUT2D eigenvalue weighted by atomic mass is 10.1. The number of aromatic nitrogens is 3. The Labute approximate surface area is 188 Å². The number of piperazine rings is 1. The number of amides is 1. The fourth-order valence-corrected chi connectivity index (χ4v) is 5.43. The molecule has 2 aromatic heterocycles. The highest BCUT2D eigenvalue weighted by atomic mass is 32.2. The van der Waals surface area contributed by atoms with E-state index in [-0.39, 0.29) is 37.0 Å². The average Bonchev–Trinajstić information content (AvgIpc) is 3.05. The van der Waals surface area contributed by atoms with E-state index in [0.717, 1.165) is 24.3 Å². The minimum absolute atomic E-state index is 0.0360. The summed E-state index contributed by atoms with van der Waals surface area (Å²) in [5.41, 5.74) is 1.48. The largest absolute Gasteiger partial charge is 0.416 e. The summed E-state index contributed by atoms with van der Waals surface area (Å²) in [4.78, 5) is 19.1. The van der Waals surface area contributed by atoms with Crippen molar-refractivity contribution in [1.29, 1.82) is 0 Å². The highest BCUT2D eigenvalue weighted by Gasteiger charge is 2.34. The molecule has 1 aromatic carbocycles. The van der Waals surface area contributed by atoms with Crippen molar-refractivity contribution in [3.63, 3.8) is 0 Å². The quantitative estimate of drug-likeness (QED) is 0.574. The second kappa shape index (κ2) is 8.10. The van der Waals surface area contributed by atoms with Crippen LogP contribution in [-0.4, -0.2) is 64.5 Å². The zero-order valence-corrected chi connectivity index (χ0v) is 19.0. The number of pyridine rings is 1. The Morgan fingerprint density at radius 3 is 2.21 bits per heavy atom. The lowest BCUT2D eigenvalue weighted by Crippen LogP contribution is -2.50. The van der Waals surface area contributed by atoms with Gasteiger partial charge >= 0.3 is 6.18 Å². The van der Waals surface area contributed by atoms with Crippen molar-refractivity contribution >= 4 is 27.0 Å². The molecule has 1 fully saturated rings. The smallest absolute Gasteiger partial charge is 0.336 e. The van der Waals surface area contributed by atoms with Crippen LogP contribution in [-0.2, 0) is 23.2 Å². The first-order valence-corrected chi connectivity index (χ1v) is 11.6. The molecular formula is C21H22F3N5O3S. The minimum Gasteiger partial charge on any atom is -0.336 e. The summed E-state index contributed by atoms with van der Waals surface area (Å²) in [6.45, 7) is 3.96. The molecule has 3 aromatic rings. The molecule has 1 amide bonds. The number of sulfonamides is 1. The first-order valence-electron chi connectivity index (χ1n) is 10.2. The number of aryl methyl sites for hydroxylation is 3. The summed E-state index contributed by atoms with van der Waals surface area (Å²) in [6, 6.07) is 5.11. The summed E-state index contributed by atoms with van der Waals surface area (Å²) in [5.74, 6) is -0.242. The van der Waals surface area contributed by atoms with Gasteiger partial charge in [0.15, 0.2) is 5.65 Å². The molecule has 1 saturated heterocycles. The molecule has 0 radical (unpaired) electrons. The molecule has 0 atom stereocenters. The van der Waals surface area contributed by atoms with Crippen molar-refractivity contribution in [3.05, 3.63) is 52.8 Å². The molecule has 0 N–H and O–H groups in total. The number of rotatable bonds is 3. The molecule has 176 valence electrons.